The number of nitrogens with one attached hydrogen (secondary N) is 1. The van der Waals surface area contributed by atoms with E-state index in [1.807, 2.05) is 36.4 Å². The third-order valence-corrected chi connectivity index (χ3v) is 5.92. The minimum Gasteiger partial charge on any atom is -0.355 e. The van der Waals surface area contributed by atoms with Gasteiger partial charge in [-0.05, 0) is 55.3 Å². The summed E-state index contributed by atoms with van der Waals surface area (Å²) in [6.45, 7) is 2.06. The first-order valence-corrected chi connectivity index (χ1v) is 10.8. The van der Waals surface area contributed by atoms with Crippen LogP contribution in [0.2, 0.25) is 10.0 Å². The lowest BCUT2D eigenvalue weighted by Gasteiger charge is -2.20. The van der Waals surface area contributed by atoms with E-state index in [4.69, 9.17) is 23.2 Å². The molecule has 2 aromatic carbocycles. The van der Waals surface area contributed by atoms with Crippen molar-refractivity contribution in [2.75, 3.05) is 23.3 Å². The van der Waals surface area contributed by atoms with E-state index >= 15 is 0 Å². The first-order chi connectivity index (χ1) is 14.6. The van der Waals surface area contributed by atoms with E-state index in [-0.39, 0.29) is 5.91 Å². The summed E-state index contributed by atoms with van der Waals surface area (Å²) in [6, 6.07) is 16.3. The Kier molecular flexibility index (Phi) is 6.50. The highest BCUT2D eigenvalue weighted by Gasteiger charge is 2.13. The maximum absolute atomic E-state index is 12.5. The number of nitrogens with zero attached hydrogens (tertiary/aromatic N) is 3. The van der Waals surface area contributed by atoms with Crippen LogP contribution in [0.5, 0.6) is 0 Å². The van der Waals surface area contributed by atoms with Gasteiger partial charge in [-0.15, -0.1) is 10.2 Å². The Morgan fingerprint density at radius 3 is 2.37 bits per heavy atom. The van der Waals surface area contributed by atoms with E-state index in [0.717, 1.165) is 30.2 Å². The Morgan fingerprint density at radius 1 is 0.867 bits per heavy atom. The molecule has 0 atom stereocenters. The molecule has 7 heteroatoms. The predicted octanol–water partition coefficient (Wildman–Crippen LogP) is 6.08. The lowest BCUT2D eigenvalue weighted by Crippen LogP contribution is -2.25. The van der Waals surface area contributed by atoms with Gasteiger partial charge in [-0.3, -0.25) is 4.79 Å². The Balaban J connectivity index is 1.48. The number of hydrogen-bond donors (Lipinski definition) is 1. The monoisotopic (exact) mass is 440 g/mol. The van der Waals surface area contributed by atoms with Gasteiger partial charge < -0.3 is 10.2 Å². The molecule has 4 rings (SSSR count). The molecule has 1 aliphatic rings. The largest absolute Gasteiger partial charge is 0.355 e. The molecule has 1 amide bonds. The molecule has 1 fully saturated rings. The molecular weight excluding hydrogens is 419 g/mol. The normalized spacial score (nSPS) is 14.3. The fourth-order valence-electron chi connectivity index (χ4n) is 3.54. The number of carbonyl (C=O) groups excluding carboxylic acids is 1. The van der Waals surface area contributed by atoms with Gasteiger partial charge in [-0.2, -0.15) is 0 Å². The van der Waals surface area contributed by atoms with Crippen molar-refractivity contribution in [3.63, 3.8) is 0 Å². The Labute approximate surface area is 186 Å². The lowest BCUT2D eigenvalue weighted by molar-refractivity contribution is 0.102. The van der Waals surface area contributed by atoms with Crippen LogP contribution < -0.4 is 10.2 Å². The molecular formula is C23H22Cl2N4O. The molecule has 1 aromatic heterocycles. The van der Waals surface area contributed by atoms with Gasteiger partial charge in [-0.1, -0.05) is 48.2 Å². The predicted molar refractivity (Wildman–Crippen MR) is 123 cm³/mol. The highest BCUT2D eigenvalue weighted by molar-refractivity contribution is 6.42. The van der Waals surface area contributed by atoms with Crippen LogP contribution in [0.4, 0.5) is 11.5 Å². The molecule has 1 saturated heterocycles. The summed E-state index contributed by atoms with van der Waals surface area (Å²) in [7, 11) is 0. The van der Waals surface area contributed by atoms with Crippen LogP contribution in [0.3, 0.4) is 0 Å². The summed E-state index contributed by atoms with van der Waals surface area (Å²) in [4.78, 5) is 14.8. The molecule has 2 heterocycles. The minimum atomic E-state index is -0.256. The molecule has 1 aliphatic heterocycles. The van der Waals surface area contributed by atoms with E-state index in [9.17, 15) is 4.79 Å². The van der Waals surface area contributed by atoms with E-state index in [1.54, 1.807) is 18.2 Å². The number of hydrogen-bond acceptors (Lipinski definition) is 4. The quantitative estimate of drug-likeness (QED) is 0.533. The summed E-state index contributed by atoms with van der Waals surface area (Å²) < 4.78 is 0. The van der Waals surface area contributed by atoms with E-state index in [0.29, 0.717) is 21.3 Å². The fraction of sp³-hybridized carbons (Fsp3) is 0.261. The second kappa shape index (κ2) is 9.45. The first kappa shape index (κ1) is 20.6. The van der Waals surface area contributed by atoms with E-state index in [1.165, 1.54) is 25.7 Å². The van der Waals surface area contributed by atoms with Crippen LogP contribution in [0.25, 0.3) is 11.3 Å². The summed E-state index contributed by atoms with van der Waals surface area (Å²) in [5, 5.41) is 12.5. The molecule has 0 radical (unpaired) electrons. The van der Waals surface area contributed by atoms with Gasteiger partial charge in [-0.25, -0.2) is 0 Å². The van der Waals surface area contributed by atoms with Crippen LogP contribution in [0.1, 0.15) is 36.0 Å². The van der Waals surface area contributed by atoms with Crippen LogP contribution in [-0.2, 0) is 0 Å². The molecule has 0 unspecified atom stereocenters. The highest BCUT2D eigenvalue weighted by atomic mass is 35.5. The Hall–Kier alpha value is -2.63. The van der Waals surface area contributed by atoms with Gasteiger partial charge in [0, 0.05) is 29.9 Å². The second-order valence-electron chi connectivity index (χ2n) is 7.34. The van der Waals surface area contributed by atoms with Gasteiger partial charge in [0.2, 0.25) is 0 Å². The van der Waals surface area contributed by atoms with Crippen molar-refractivity contribution in [1.82, 2.24) is 10.2 Å². The topological polar surface area (TPSA) is 58.1 Å². The highest BCUT2D eigenvalue weighted by Crippen LogP contribution is 2.25. The second-order valence-corrected chi connectivity index (χ2v) is 8.16. The number of aromatic nitrogens is 2. The number of rotatable bonds is 4. The molecule has 3 aromatic rings. The maximum atomic E-state index is 12.5. The third-order valence-electron chi connectivity index (χ3n) is 5.18. The van der Waals surface area contributed by atoms with Crippen molar-refractivity contribution in [2.24, 2.45) is 0 Å². The van der Waals surface area contributed by atoms with Crippen molar-refractivity contribution < 1.29 is 4.79 Å². The van der Waals surface area contributed by atoms with Gasteiger partial charge in [0.05, 0.1) is 15.7 Å². The van der Waals surface area contributed by atoms with Crippen molar-refractivity contribution in [2.45, 2.75) is 25.7 Å². The average Bonchev–Trinajstić information content (AvgIpc) is 3.05. The number of benzene rings is 2. The van der Waals surface area contributed by atoms with Crippen LogP contribution in [0.15, 0.2) is 54.6 Å². The fourth-order valence-corrected chi connectivity index (χ4v) is 3.84. The van der Waals surface area contributed by atoms with Gasteiger partial charge in [0.15, 0.2) is 5.82 Å². The van der Waals surface area contributed by atoms with Gasteiger partial charge >= 0.3 is 0 Å². The van der Waals surface area contributed by atoms with Crippen LogP contribution in [0, 0.1) is 0 Å². The van der Waals surface area contributed by atoms with Crippen molar-refractivity contribution >= 4 is 40.6 Å². The van der Waals surface area contributed by atoms with Crippen molar-refractivity contribution in [1.29, 1.82) is 0 Å². The standard InChI is InChI=1S/C23H22Cl2N4O/c24-19-9-8-17(15-20(19)25)23(30)26-18-7-5-6-16(14-18)21-10-11-22(28-27-21)29-12-3-1-2-4-13-29/h5-11,14-15H,1-4,12-13H2,(H,26,30). The zero-order chi connectivity index (χ0) is 20.9. The zero-order valence-corrected chi connectivity index (χ0v) is 18.0. The SMILES string of the molecule is O=C(Nc1cccc(-c2ccc(N3CCCCCC3)nn2)c1)c1ccc(Cl)c(Cl)c1. The number of carbonyl (C=O) groups is 1. The summed E-state index contributed by atoms with van der Waals surface area (Å²) >= 11 is 11.9. The van der Waals surface area contributed by atoms with E-state index in [2.05, 4.69) is 20.4 Å². The molecule has 0 bridgehead atoms. The molecule has 154 valence electrons. The van der Waals surface area contributed by atoms with Gasteiger partial charge in [0.1, 0.15) is 0 Å². The molecule has 0 spiro atoms. The third kappa shape index (κ3) is 4.91. The maximum Gasteiger partial charge on any atom is 0.255 e. The van der Waals surface area contributed by atoms with E-state index < -0.39 is 0 Å². The average molecular weight is 441 g/mol. The smallest absolute Gasteiger partial charge is 0.255 e. The van der Waals surface area contributed by atoms with Gasteiger partial charge in [0.25, 0.3) is 5.91 Å². The Morgan fingerprint density at radius 2 is 1.67 bits per heavy atom. The number of amides is 1. The number of halogens is 2. The molecule has 1 N–H and O–H groups in total. The molecule has 30 heavy (non-hydrogen) atoms. The minimum absolute atomic E-state index is 0.256. The zero-order valence-electron chi connectivity index (χ0n) is 16.4. The first-order valence-electron chi connectivity index (χ1n) is 10.1. The van der Waals surface area contributed by atoms with Crippen molar-refractivity contribution in [3.8, 4) is 11.3 Å². The molecule has 0 aliphatic carbocycles. The lowest BCUT2D eigenvalue weighted by atomic mass is 10.1. The summed E-state index contributed by atoms with van der Waals surface area (Å²) in [5.74, 6) is 0.665. The van der Waals surface area contributed by atoms with Crippen LogP contribution in [-0.4, -0.2) is 29.2 Å². The van der Waals surface area contributed by atoms with Crippen LogP contribution >= 0.6 is 23.2 Å². The molecule has 0 saturated carbocycles. The molecule has 5 nitrogen and oxygen atoms in total. The number of anilines is 2. The summed E-state index contributed by atoms with van der Waals surface area (Å²) in [6.07, 6.45) is 4.96. The Bertz CT molecular complexity index is 1030. The van der Waals surface area contributed by atoms with Crippen molar-refractivity contribution in [3.05, 3.63) is 70.2 Å². The summed E-state index contributed by atoms with van der Waals surface area (Å²) in [5.41, 5.74) is 2.76.